The number of carboxylic acids is 1. The number of alkyl carbamates (subject to hydrolysis) is 1. The highest BCUT2D eigenvalue weighted by Crippen LogP contribution is 2.39. The summed E-state index contributed by atoms with van der Waals surface area (Å²) in [5.74, 6) is -0.712. The number of methoxy groups -OCH3 is 3. The zero-order chi connectivity index (χ0) is 24.6. The monoisotopic (exact) mass is 459 g/mol. The van der Waals surface area contributed by atoms with E-state index in [-0.39, 0.29) is 6.42 Å². The smallest absolute Gasteiger partial charge is 0.407 e. The third kappa shape index (κ3) is 7.59. The number of aliphatic carboxylic acids is 1. The molecule has 1 amide bonds. The first-order valence-corrected chi connectivity index (χ1v) is 10.6. The van der Waals surface area contributed by atoms with Gasteiger partial charge < -0.3 is 29.4 Å². The van der Waals surface area contributed by atoms with Gasteiger partial charge in [0.1, 0.15) is 5.60 Å². The summed E-state index contributed by atoms with van der Waals surface area (Å²) >= 11 is 0. The van der Waals surface area contributed by atoms with Crippen molar-refractivity contribution in [3.63, 3.8) is 0 Å². The first kappa shape index (κ1) is 25.8. The Bertz CT molecular complexity index is 913. The minimum atomic E-state index is -1.04. The molecule has 2 N–H and O–H groups in total. The van der Waals surface area contributed by atoms with E-state index in [9.17, 15) is 14.7 Å². The molecule has 0 aromatic heterocycles. The lowest BCUT2D eigenvalue weighted by Crippen LogP contribution is -2.47. The predicted octanol–water partition coefficient (Wildman–Crippen LogP) is 4.09. The van der Waals surface area contributed by atoms with Crippen molar-refractivity contribution in [3.05, 3.63) is 53.6 Å². The van der Waals surface area contributed by atoms with Crippen LogP contribution in [0.5, 0.6) is 17.2 Å². The van der Waals surface area contributed by atoms with Crippen LogP contribution in [0.2, 0.25) is 0 Å². The fraction of sp³-hybridized carbons (Fsp3) is 0.440. The summed E-state index contributed by atoms with van der Waals surface area (Å²) in [4.78, 5) is 24.9. The Kier molecular flexibility index (Phi) is 8.96. The largest absolute Gasteiger partial charge is 0.493 e. The number of hydrogen-bond acceptors (Lipinski definition) is 6. The van der Waals surface area contributed by atoms with E-state index < -0.39 is 29.6 Å². The van der Waals surface area contributed by atoms with E-state index in [1.54, 1.807) is 32.9 Å². The van der Waals surface area contributed by atoms with Gasteiger partial charge in [0.2, 0.25) is 5.75 Å². The summed E-state index contributed by atoms with van der Waals surface area (Å²) in [5, 5.41) is 12.9. The van der Waals surface area contributed by atoms with Gasteiger partial charge in [-0.05, 0) is 56.9 Å². The lowest BCUT2D eigenvalue weighted by Gasteiger charge is -2.28. The van der Waals surface area contributed by atoms with Crippen molar-refractivity contribution in [2.75, 3.05) is 21.3 Å². The molecule has 0 saturated carbocycles. The van der Waals surface area contributed by atoms with Gasteiger partial charge in [-0.25, -0.2) is 4.79 Å². The Morgan fingerprint density at radius 2 is 1.48 bits per heavy atom. The second-order valence-electron chi connectivity index (χ2n) is 8.62. The van der Waals surface area contributed by atoms with Crippen molar-refractivity contribution in [2.24, 2.45) is 5.92 Å². The van der Waals surface area contributed by atoms with Gasteiger partial charge in [-0.2, -0.15) is 0 Å². The van der Waals surface area contributed by atoms with E-state index in [0.717, 1.165) is 5.56 Å². The van der Waals surface area contributed by atoms with Gasteiger partial charge in [-0.3, -0.25) is 4.79 Å². The maximum atomic E-state index is 12.5. The first-order valence-electron chi connectivity index (χ1n) is 10.6. The molecule has 2 rings (SSSR count). The van der Waals surface area contributed by atoms with Gasteiger partial charge in [0.05, 0.1) is 27.2 Å². The molecule has 0 saturated heterocycles. The number of ether oxygens (including phenoxy) is 4. The molecule has 2 atom stereocenters. The molecule has 8 heteroatoms. The molecule has 0 aliphatic carbocycles. The van der Waals surface area contributed by atoms with Crippen LogP contribution in [0.15, 0.2) is 42.5 Å². The first-order chi connectivity index (χ1) is 15.6. The third-order valence-electron chi connectivity index (χ3n) is 4.98. The van der Waals surface area contributed by atoms with Crippen LogP contribution in [0.4, 0.5) is 4.79 Å². The number of carbonyl (C=O) groups excluding carboxylic acids is 1. The number of nitrogens with one attached hydrogen (secondary N) is 1. The van der Waals surface area contributed by atoms with Crippen molar-refractivity contribution in [3.8, 4) is 17.2 Å². The summed E-state index contributed by atoms with van der Waals surface area (Å²) in [6.45, 7) is 5.26. The van der Waals surface area contributed by atoms with E-state index in [0.29, 0.717) is 29.2 Å². The SMILES string of the molecule is COc1cc(C[C@H](C(=O)O)[C@@H](Cc2ccccc2)NC(=O)OC(C)(C)C)cc(OC)c1OC. The number of carboxylic acid groups (broad SMARTS) is 1. The minimum absolute atomic E-state index is 0.124. The van der Waals surface area contributed by atoms with E-state index >= 15 is 0 Å². The summed E-state index contributed by atoms with van der Waals surface area (Å²) in [7, 11) is 4.50. The van der Waals surface area contributed by atoms with Gasteiger partial charge in [0, 0.05) is 6.04 Å². The number of benzene rings is 2. The highest BCUT2D eigenvalue weighted by molar-refractivity contribution is 5.74. The molecule has 0 unspecified atom stereocenters. The molecule has 2 aromatic rings. The molecule has 33 heavy (non-hydrogen) atoms. The van der Waals surface area contributed by atoms with Crippen molar-refractivity contribution < 1.29 is 33.6 Å². The van der Waals surface area contributed by atoms with Crippen molar-refractivity contribution in [1.29, 1.82) is 0 Å². The van der Waals surface area contributed by atoms with Gasteiger partial charge in [0.15, 0.2) is 11.5 Å². The molecule has 8 nitrogen and oxygen atoms in total. The fourth-order valence-corrected chi connectivity index (χ4v) is 3.53. The van der Waals surface area contributed by atoms with E-state index in [2.05, 4.69) is 5.32 Å². The van der Waals surface area contributed by atoms with Crippen LogP contribution in [0.1, 0.15) is 31.9 Å². The molecular formula is C25H33NO7. The van der Waals surface area contributed by atoms with Crippen LogP contribution in [-0.2, 0) is 22.4 Å². The second-order valence-corrected chi connectivity index (χ2v) is 8.62. The number of amides is 1. The number of hydrogen-bond donors (Lipinski definition) is 2. The van der Waals surface area contributed by atoms with Crippen LogP contribution >= 0.6 is 0 Å². The van der Waals surface area contributed by atoms with Crippen molar-refractivity contribution in [1.82, 2.24) is 5.32 Å². The van der Waals surface area contributed by atoms with Crippen LogP contribution in [0.3, 0.4) is 0 Å². The van der Waals surface area contributed by atoms with Gasteiger partial charge in [-0.15, -0.1) is 0 Å². The Labute approximate surface area is 194 Å². The van der Waals surface area contributed by atoms with E-state index in [1.807, 2.05) is 30.3 Å². The quantitative estimate of drug-likeness (QED) is 0.551. The highest BCUT2D eigenvalue weighted by Gasteiger charge is 2.32. The van der Waals surface area contributed by atoms with E-state index in [4.69, 9.17) is 18.9 Å². The van der Waals surface area contributed by atoms with E-state index in [1.165, 1.54) is 21.3 Å². The van der Waals surface area contributed by atoms with Crippen molar-refractivity contribution >= 4 is 12.1 Å². The average Bonchev–Trinajstić information content (AvgIpc) is 2.75. The Morgan fingerprint density at radius 1 is 0.909 bits per heavy atom. The average molecular weight is 460 g/mol. The number of carbonyl (C=O) groups is 2. The highest BCUT2D eigenvalue weighted by atomic mass is 16.6. The molecule has 180 valence electrons. The van der Waals surface area contributed by atoms with Crippen molar-refractivity contribution in [2.45, 2.75) is 45.3 Å². The van der Waals surface area contributed by atoms with Crippen LogP contribution in [-0.4, -0.2) is 50.1 Å². The zero-order valence-corrected chi connectivity index (χ0v) is 20.0. The fourth-order valence-electron chi connectivity index (χ4n) is 3.53. The topological polar surface area (TPSA) is 103 Å². The molecule has 0 fully saturated rings. The summed E-state index contributed by atoms with van der Waals surface area (Å²) in [6, 6.07) is 12.1. The summed E-state index contributed by atoms with van der Waals surface area (Å²) in [6.07, 6.45) is -0.222. The molecule has 0 radical (unpaired) electrons. The molecule has 0 spiro atoms. The van der Waals surface area contributed by atoms with Gasteiger partial charge >= 0.3 is 12.1 Å². The Morgan fingerprint density at radius 3 is 1.94 bits per heavy atom. The minimum Gasteiger partial charge on any atom is -0.493 e. The third-order valence-corrected chi connectivity index (χ3v) is 4.98. The van der Waals surface area contributed by atoms with Crippen LogP contribution in [0.25, 0.3) is 0 Å². The van der Waals surface area contributed by atoms with Gasteiger partial charge in [0.25, 0.3) is 0 Å². The standard InChI is InChI=1S/C25H33NO7/c1-25(2,3)33-24(29)26-19(13-16-10-8-7-9-11-16)18(23(27)28)12-17-14-20(30-4)22(32-6)21(15-17)31-5/h7-11,14-15,18-19H,12-13H2,1-6H3,(H,26,29)(H,27,28)/t18-,19+/m0/s1. The summed E-state index contributed by atoms with van der Waals surface area (Å²) < 4.78 is 21.5. The van der Waals surface area contributed by atoms with Crippen LogP contribution in [0, 0.1) is 5.92 Å². The summed E-state index contributed by atoms with van der Waals surface area (Å²) in [5.41, 5.74) is 0.854. The predicted molar refractivity (Wildman–Crippen MR) is 124 cm³/mol. The maximum absolute atomic E-state index is 12.5. The number of rotatable bonds is 10. The maximum Gasteiger partial charge on any atom is 0.407 e. The molecule has 0 aliphatic heterocycles. The molecule has 0 aliphatic rings. The molecule has 0 heterocycles. The van der Waals surface area contributed by atoms with Crippen LogP contribution < -0.4 is 19.5 Å². The molecule has 2 aromatic carbocycles. The normalized spacial score (nSPS) is 12.9. The Hall–Kier alpha value is -3.42. The second kappa shape index (κ2) is 11.4. The zero-order valence-electron chi connectivity index (χ0n) is 20.0. The lowest BCUT2D eigenvalue weighted by molar-refractivity contribution is -0.142. The molecular weight excluding hydrogens is 426 g/mol. The van der Waals surface area contributed by atoms with Gasteiger partial charge in [-0.1, -0.05) is 30.3 Å². The Balaban J connectivity index is 2.40. The molecule has 0 bridgehead atoms. The lowest BCUT2D eigenvalue weighted by atomic mass is 9.88.